The van der Waals surface area contributed by atoms with Crippen molar-refractivity contribution in [2.24, 2.45) is 0 Å². The normalized spacial score (nSPS) is 12.4. The Morgan fingerprint density at radius 3 is 2.67 bits per heavy atom. The lowest BCUT2D eigenvalue weighted by atomic mass is 10.2. The monoisotopic (exact) mass is 269 g/mol. The molecule has 0 saturated heterocycles. The molecule has 0 spiro atoms. The Hall–Kier alpha value is -0.730. The van der Waals surface area contributed by atoms with Gasteiger partial charge in [0.1, 0.15) is 12.4 Å². The van der Waals surface area contributed by atoms with Crippen LogP contribution in [0.15, 0.2) is 18.2 Å². The van der Waals surface area contributed by atoms with Crippen molar-refractivity contribution in [2.45, 2.75) is 46.1 Å². The fourth-order valence-electron chi connectivity index (χ4n) is 1.85. The molecule has 0 saturated carbocycles. The van der Waals surface area contributed by atoms with Crippen LogP contribution in [-0.2, 0) is 0 Å². The zero-order valence-electron chi connectivity index (χ0n) is 11.6. The second-order valence-corrected chi connectivity index (χ2v) is 5.09. The van der Waals surface area contributed by atoms with E-state index in [1.807, 2.05) is 25.1 Å². The van der Waals surface area contributed by atoms with Crippen molar-refractivity contribution >= 4 is 11.6 Å². The van der Waals surface area contributed by atoms with Gasteiger partial charge < -0.3 is 10.1 Å². The van der Waals surface area contributed by atoms with Crippen molar-refractivity contribution in [3.05, 3.63) is 28.8 Å². The van der Waals surface area contributed by atoms with Gasteiger partial charge in [0.25, 0.3) is 0 Å². The SMILES string of the molecule is CCCNC(CCC)COc1ccc(C)cc1Cl. The number of aryl methyl sites for hydroxylation is 1. The number of benzene rings is 1. The molecule has 0 aromatic heterocycles. The largest absolute Gasteiger partial charge is 0.490 e. The highest BCUT2D eigenvalue weighted by molar-refractivity contribution is 6.32. The lowest BCUT2D eigenvalue weighted by Gasteiger charge is -2.19. The molecular formula is C15H24ClNO. The smallest absolute Gasteiger partial charge is 0.137 e. The quantitative estimate of drug-likeness (QED) is 0.764. The first-order valence-corrected chi connectivity index (χ1v) is 7.17. The lowest BCUT2D eigenvalue weighted by molar-refractivity contribution is 0.256. The fourth-order valence-corrected chi connectivity index (χ4v) is 2.14. The summed E-state index contributed by atoms with van der Waals surface area (Å²) in [6.07, 6.45) is 3.43. The van der Waals surface area contributed by atoms with Crippen molar-refractivity contribution in [3.63, 3.8) is 0 Å². The van der Waals surface area contributed by atoms with Gasteiger partial charge in [0.15, 0.2) is 0 Å². The number of hydrogen-bond acceptors (Lipinski definition) is 2. The van der Waals surface area contributed by atoms with Gasteiger partial charge in [0.05, 0.1) is 5.02 Å². The maximum Gasteiger partial charge on any atom is 0.137 e. The van der Waals surface area contributed by atoms with E-state index in [2.05, 4.69) is 19.2 Å². The van der Waals surface area contributed by atoms with Gasteiger partial charge in [-0.15, -0.1) is 0 Å². The average Bonchev–Trinajstić information content (AvgIpc) is 2.34. The molecule has 0 amide bonds. The molecule has 3 heteroatoms. The zero-order valence-corrected chi connectivity index (χ0v) is 12.4. The second kappa shape index (κ2) is 8.39. The molecule has 0 bridgehead atoms. The molecule has 102 valence electrons. The molecular weight excluding hydrogens is 246 g/mol. The van der Waals surface area contributed by atoms with Crippen molar-refractivity contribution in [2.75, 3.05) is 13.2 Å². The van der Waals surface area contributed by atoms with E-state index in [0.717, 1.165) is 37.1 Å². The van der Waals surface area contributed by atoms with Crippen LogP contribution in [0, 0.1) is 6.92 Å². The Balaban J connectivity index is 2.49. The molecule has 1 rings (SSSR count). The molecule has 1 N–H and O–H groups in total. The van der Waals surface area contributed by atoms with Crippen molar-refractivity contribution in [1.82, 2.24) is 5.32 Å². The molecule has 0 radical (unpaired) electrons. The van der Waals surface area contributed by atoms with Crippen LogP contribution in [0.2, 0.25) is 5.02 Å². The van der Waals surface area contributed by atoms with E-state index in [4.69, 9.17) is 16.3 Å². The minimum atomic E-state index is 0.410. The van der Waals surface area contributed by atoms with E-state index in [9.17, 15) is 0 Å². The van der Waals surface area contributed by atoms with Gasteiger partial charge in [-0.2, -0.15) is 0 Å². The van der Waals surface area contributed by atoms with E-state index in [1.165, 1.54) is 0 Å². The molecule has 0 heterocycles. The van der Waals surface area contributed by atoms with E-state index < -0.39 is 0 Å². The highest BCUT2D eigenvalue weighted by Gasteiger charge is 2.09. The molecule has 0 aliphatic rings. The van der Waals surface area contributed by atoms with E-state index >= 15 is 0 Å². The number of halogens is 1. The fraction of sp³-hybridized carbons (Fsp3) is 0.600. The van der Waals surface area contributed by atoms with Gasteiger partial charge in [-0.1, -0.05) is 37.9 Å². The number of ether oxygens (including phenoxy) is 1. The molecule has 2 nitrogen and oxygen atoms in total. The summed E-state index contributed by atoms with van der Waals surface area (Å²) in [6.45, 7) is 8.11. The third-order valence-electron chi connectivity index (χ3n) is 2.85. The summed E-state index contributed by atoms with van der Waals surface area (Å²) in [6, 6.07) is 6.31. The minimum absolute atomic E-state index is 0.410. The van der Waals surface area contributed by atoms with E-state index in [0.29, 0.717) is 17.7 Å². The predicted octanol–water partition coefficient (Wildman–Crippen LogP) is 4.20. The van der Waals surface area contributed by atoms with Crippen LogP contribution in [0.5, 0.6) is 5.75 Å². The van der Waals surface area contributed by atoms with E-state index in [-0.39, 0.29) is 0 Å². The maximum absolute atomic E-state index is 6.15. The third kappa shape index (κ3) is 5.28. The van der Waals surface area contributed by atoms with Gasteiger partial charge in [-0.25, -0.2) is 0 Å². The predicted molar refractivity (Wildman–Crippen MR) is 78.7 cm³/mol. The lowest BCUT2D eigenvalue weighted by Crippen LogP contribution is -2.35. The maximum atomic E-state index is 6.15. The van der Waals surface area contributed by atoms with Crippen LogP contribution < -0.4 is 10.1 Å². The van der Waals surface area contributed by atoms with Crippen molar-refractivity contribution in [1.29, 1.82) is 0 Å². The molecule has 18 heavy (non-hydrogen) atoms. The Labute approximate surface area is 116 Å². The molecule has 0 aliphatic heterocycles. The molecule has 1 aromatic rings. The topological polar surface area (TPSA) is 21.3 Å². The van der Waals surface area contributed by atoms with Crippen LogP contribution in [0.1, 0.15) is 38.7 Å². The number of rotatable bonds is 8. The Bertz CT molecular complexity index is 354. The molecule has 1 unspecified atom stereocenters. The van der Waals surface area contributed by atoms with Crippen molar-refractivity contribution in [3.8, 4) is 5.75 Å². The average molecular weight is 270 g/mol. The highest BCUT2D eigenvalue weighted by Crippen LogP contribution is 2.25. The first-order chi connectivity index (χ1) is 8.67. The Kier molecular flexibility index (Phi) is 7.14. The van der Waals surface area contributed by atoms with Crippen LogP contribution >= 0.6 is 11.6 Å². The van der Waals surface area contributed by atoms with Gasteiger partial charge in [0, 0.05) is 6.04 Å². The molecule has 0 fully saturated rings. The molecule has 1 aromatic carbocycles. The van der Waals surface area contributed by atoms with E-state index in [1.54, 1.807) is 0 Å². The second-order valence-electron chi connectivity index (χ2n) is 4.68. The third-order valence-corrected chi connectivity index (χ3v) is 3.14. The van der Waals surface area contributed by atoms with Gasteiger partial charge >= 0.3 is 0 Å². The first kappa shape index (κ1) is 15.3. The summed E-state index contributed by atoms with van der Waals surface area (Å²) >= 11 is 6.15. The van der Waals surface area contributed by atoms with Crippen LogP contribution in [0.3, 0.4) is 0 Å². The minimum Gasteiger partial charge on any atom is -0.490 e. The standard InChI is InChI=1S/C15H24ClNO/c1-4-6-13(17-9-5-2)11-18-15-8-7-12(3)10-14(15)16/h7-8,10,13,17H,4-6,9,11H2,1-3H3. The highest BCUT2D eigenvalue weighted by atomic mass is 35.5. The molecule has 0 aliphatic carbocycles. The number of hydrogen-bond donors (Lipinski definition) is 1. The van der Waals surface area contributed by atoms with Gasteiger partial charge in [0.2, 0.25) is 0 Å². The summed E-state index contributed by atoms with van der Waals surface area (Å²) in [4.78, 5) is 0. The van der Waals surface area contributed by atoms with Gasteiger partial charge in [-0.3, -0.25) is 0 Å². The number of nitrogens with one attached hydrogen (secondary N) is 1. The summed E-state index contributed by atoms with van der Waals surface area (Å²) in [5, 5.41) is 4.20. The van der Waals surface area contributed by atoms with Crippen molar-refractivity contribution < 1.29 is 4.74 Å². The summed E-state index contributed by atoms with van der Waals surface area (Å²) in [7, 11) is 0. The first-order valence-electron chi connectivity index (χ1n) is 6.79. The summed E-state index contributed by atoms with van der Waals surface area (Å²) in [5.41, 5.74) is 1.15. The van der Waals surface area contributed by atoms with Crippen LogP contribution in [0.4, 0.5) is 0 Å². The summed E-state index contributed by atoms with van der Waals surface area (Å²) in [5.74, 6) is 0.779. The zero-order chi connectivity index (χ0) is 13.4. The Morgan fingerprint density at radius 2 is 2.06 bits per heavy atom. The Morgan fingerprint density at radius 1 is 1.28 bits per heavy atom. The van der Waals surface area contributed by atoms with Crippen LogP contribution in [-0.4, -0.2) is 19.2 Å². The van der Waals surface area contributed by atoms with Crippen LogP contribution in [0.25, 0.3) is 0 Å². The summed E-state index contributed by atoms with van der Waals surface area (Å²) < 4.78 is 5.81. The van der Waals surface area contributed by atoms with Gasteiger partial charge in [-0.05, 0) is 44.0 Å². The molecule has 1 atom stereocenters.